The van der Waals surface area contributed by atoms with Crippen LogP contribution in [0.15, 0.2) is 85.2 Å². The topological polar surface area (TPSA) is 44.1 Å². The molecule has 1 heterocycles. The molecule has 0 fully saturated rings. The van der Waals surface area contributed by atoms with Crippen molar-refractivity contribution in [1.29, 1.82) is 0 Å². The largest absolute Gasteiger partial charge is 0.465 e. The second kappa shape index (κ2) is 8.09. The Balaban J connectivity index is 1.60. The third kappa shape index (κ3) is 3.67. The van der Waals surface area contributed by atoms with Crippen molar-refractivity contribution in [2.45, 2.75) is 18.9 Å². The fraction of sp³-hybridized carbons (Fsp3) is 0.167. The van der Waals surface area contributed by atoms with Gasteiger partial charge in [0.25, 0.3) is 0 Å². The van der Waals surface area contributed by atoms with Crippen LogP contribution in [0.3, 0.4) is 0 Å². The first kappa shape index (κ1) is 18.0. The van der Waals surface area contributed by atoms with E-state index in [1.54, 1.807) is 12.1 Å². The highest BCUT2D eigenvalue weighted by atomic mass is 16.5. The van der Waals surface area contributed by atoms with Gasteiger partial charge < -0.3 is 9.30 Å². The number of hydrogen-bond acceptors (Lipinski definition) is 3. The number of fused-ring (bicyclic) bond motifs is 1. The predicted molar refractivity (Wildman–Crippen MR) is 110 cm³/mol. The molecule has 3 aromatic carbocycles. The van der Waals surface area contributed by atoms with Crippen LogP contribution in [-0.2, 0) is 11.3 Å². The molecule has 0 spiro atoms. The molecule has 0 bridgehead atoms. The summed E-state index contributed by atoms with van der Waals surface area (Å²) in [6.45, 7) is 0.836. The van der Waals surface area contributed by atoms with Gasteiger partial charge >= 0.3 is 5.97 Å². The maximum atomic E-state index is 11.7. The van der Waals surface area contributed by atoms with Crippen molar-refractivity contribution in [3.05, 3.63) is 102 Å². The third-order valence-corrected chi connectivity index (χ3v) is 5.10. The van der Waals surface area contributed by atoms with Crippen LogP contribution in [-0.4, -0.2) is 22.6 Å². The van der Waals surface area contributed by atoms with Gasteiger partial charge in [0.15, 0.2) is 0 Å². The van der Waals surface area contributed by atoms with Crippen LogP contribution >= 0.6 is 0 Å². The van der Waals surface area contributed by atoms with Crippen molar-refractivity contribution < 1.29 is 9.53 Å². The van der Waals surface area contributed by atoms with E-state index in [9.17, 15) is 4.79 Å². The van der Waals surface area contributed by atoms with E-state index in [1.807, 2.05) is 24.5 Å². The molecule has 4 nitrogen and oxygen atoms in total. The Bertz CT molecular complexity index is 1030. The number of hydrogen-bond donors (Lipinski definition) is 0. The van der Waals surface area contributed by atoms with Gasteiger partial charge in [-0.1, -0.05) is 60.7 Å². The summed E-state index contributed by atoms with van der Waals surface area (Å²) in [5, 5.41) is 0. The molecule has 28 heavy (non-hydrogen) atoms. The van der Waals surface area contributed by atoms with Crippen LogP contribution in [0.25, 0.3) is 11.0 Å². The summed E-state index contributed by atoms with van der Waals surface area (Å²) in [6, 6.07) is 26.7. The zero-order valence-corrected chi connectivity index (χ0v) is 15.8. The molecule has 0 aliphatic carbocycles. The smallest absolute Gasteiger partial charge is 0.337 e. The number of carbonyl (C=O) groups excluding carboxylic acids is 1. The molecule has 0 N–H and O–H groups in total. The van der Waals surface area contributed by atoms with Crippen LogP contribution in [0.2, 0.25) is 0 Å². The van der Waals surface area contributed by atoms with E-state index < -0.39 is 0 Å². The number of benzene rings is 3. The van der Waals surface area contributed by atoms with E-state index in [2.05, 4.69) is 58.1 Å². The summed E-state index contributed by atoms with van der Waals surface area (Å²) < 4.78 is 6.94. The van der Waals surface area contributed by atoms with Gasteiger partial charge in [-0.2, -0.15) is 0 Å². The Labute approximate surface area is 164 Å². The predicted octanol–water partition coefficient (Wildman–Crippen LogP) is 5.05. The lowest BCUT2D eigenvalue weighted by atomic mass is 9.88. The highest BCUT2D eigenvalue weighted by molar-refractivity contribution is 5.93. The number of aryl methyl sites for hydroxylation is 1. The highest BCUT2D eigenvalue weighted by Crippen LogP contribution is 2.29. The molecular weight excluding hydrogens is 348 g/mol. The third-order valence-electron chi connectivity index (χ3n) is 5.10. The second-order valence-electron chi connectivity index (χ2n) is 6.80. The van der Waals surface area contributed by atoms with E-state index in [-0.39, 0.29) is 5.97 Å². The average Bonchev–Trinajstić information content (AvgIpc) is 3.17. The number of esters is 1. The molecule has 0 radical (unpaired) electrons. The van der Waals surface area contributed by atoms with E-state index in [0.29, 0.717) is 11.5 Å². The first-order valence-corrected chi connectivity index (χ1v) is 9.39. The van der Waals surface area contributed by atoms with Gasteiger partial charge in [-0.05, 0) is 35.7 Å². The second-order valence-corrected chi connectivity index (χ2v) is 6.80. The maximum Gasteiger partial charge on any atom is 0.337 e. The molecular formula is C24H22N2O2. The Kier molecular flexibility index (Phi) is 5.20. The lowest BCUT2D eigenvalue weighted by Gasteiger charge is -2.18. The Morgan fingerprint density at radius 3 is 2.21 bits per heavy atom. The van der Waals surface area contributed by atoms with Crippen molar-refractivity contribution in [3.8, 4) is 0 Å². The Morgan fingerprint density at radius 1 is 0.964 bits per heavy atom. The standard InChI is InChI=1S/C24H22N2O2/c1-28-24(27)20-12-13-23-22(16-20)25-17-26(23)15-14-21(18-8-4-2-5-9-18)19-10-6-3-7-11-19/h2-13,16-17,21H,14-15H2,1H3. The number of methoxy groups -OCH3 is 1. The summed E-state index contributed by atoms with van der Waals surface area (Å²) in [4.78, 5) is 16.2. The first-order chi connectivity index (χ1) is 13.8. The molecule has 1 aromatic heterocycles. The monoisotopic (exact) mass is 370 g/mol. The summed E-state index contributed by atoms with van der Waals surface area (Å²) in [7, 11) is 1.39. The fourth-order valence-electron chi connectivity index (χ4n) is 3.65. The molecule has 0 aliphatic heterocycles. The van der Waals surface area contributed by atoms with Crippen LogP contribution in [0.4, 0.5) is 0 Å². The lowest BCUT2D eigenvalue weighted by molar-refractivity contribution is 0.0601. The minimum absolute atomic E-state index is 0.314. The number of imidazole rings is 1. The van der Waals surface area contributed by atoms with Crippen molar-refractivity contribution in [2.24, 2.45) is 0 Å². The summed E-state index contributed by atoms with van der Waals surface area (Å²) >= 11 is 0. The molecule has 0 saturated carbocycles. The lowest BCUT2D eigenvalue weighted by Crippen LogP contribution is -2.06. The van der Waals surface area contributed by atoms with E-state index in [1.165, 1.54) is 18.2 Å². The van der Waals surface area contributed by atoms with Crippen molar-refractivity contribution in [1.82, 2.24) is 9.55 Å². The van der Waals surface area contributed by atoms with Crippen LogP contribution < -0.4 is 0 Å². The van der Waals surface area contributed by atoms with Crippen molar-refractivity contribution in [3.63, 3.8) is 0 Å². The summed E-state index contributed by atoms with van der Waals surface area (Å²) in [5.41, 5.74) is 4.97. The zero-order chi connectivity index (χ0) is 19.3. The molecule has 4 heteroatoms. The number of ether oxygens (including phenoxy) is 1. The molecule has 4 aromatic rings. The van der Waals surface area contributed by atoms with Crippen molar-refractivity contribution in [2.75, 3.05) is 7.11 Å². The SMILES string of the molecule is COC(=O)c1ccc2c(c1)ncn2CCC(c1ccccc1)c1ccccc1. The fourth-order valence-corrected chi connectivity index (χ4v) is 3.65. The summed E-state index contributed by atoms with van der Waals surface area (Å²) in [5.74, 6) is -0.0288. The molecule has 0 unspecified atom stereocenters. The van der Waals surface area contributed by atoms with Gasteiger partial charge in [-0.25, -0.2) is 9.78 Å². The quantitative estimate of drug-likeness (QED) is 0.446. The van der Waals surface area contributed by atoms with E-state index in [0.717, 1.165) is 24.0 Å². The maximum absolute atomic E-state index is 11.7. The molecule has 0 amide bonds. The van der Waals surface area contributed by atoms with Gasteiger partial charge in [0, 0.05) is 12.5 Å². The average molecular weight is 370 g/mol. The van der Waals surface area contributed by atoms with Crippen LogP contribution in [0.1, 0.15) is 33.8 Å². The number of aromatic nitrogens is 2. The minimum Gasteiger partial charge on any atom is -0.465 e. The molecule has 140 valence electrons. The number of carbonyl (C=O) groups is 1. The van der Waals surface area contributed by atoms with Gasteiger partial charge in [-0.15, -0.1) is 0 Å². The van der Waals surface area contributed by atoms with E-state index >= 15 is 0 Å². The van der Waals surface area contributed by atoms with Gasteiger partial charge in [0.2, 0.25) is 0 Å². The van der Waals surface area contributed by atoms with Crippen LogP contribution in [0.5, 0.6) is 0 Å². The first-order valence-electron chi connectivity index (χ1n) is 9.39. The zero-order valence-electron chi connectivity index (χ0n) is 15.8. The van der Waals surface area contributed by atoms with Crippen LogP contribution in [0, 0.1) is 0 Å². The Hall–Kier alpha value is -3.40. The molecule has 0 atom stereocenters. The minimum atomic E-state index is -0.343. The molecule has 0 saturated heterocycles. The number of rotatable bonds is 6. The summed E-state index contributed by atoms with van der Waals surface area (Å²) in [6.07, 6.45) is 2.80. The van der Waals surface area contributed by atoms with Crippen molar-refractivity contribution >= 4 is 17.0 Å². The van der Waals surface area contributed by atoms with E-state index in [4.69, 9.17) is 4.74 Å². The van der Waals surface area contributed by atoms with Gasteiger partial charge in [-0.3, -0.25) is 0 Å². The highest BCUT2D eigenvalue weighted by Gasteiger charge is 2.15. The molecule has 4 rings (SSSR count). The number of nitrogens with zero attached hydrogens (tertiary/aromatic N) is 2. The molecule has 0 aliphatic rings. The van der Waals surface area contributed by atoms with Gasteiger partial charge in [0.1, 0.15) is 0 Å². The van der Waals surface area contributed by atoms with Gasteiger partial charge in [0.05, 0.1) is 30.0 Å². The normalized spacial score (nSPS) is 11.1. The Morgan fingerprint density at radius 2 is 1.61 bits per heavy atom.